The first kappa shape index (κ1) is 10.1. The van der Waals surface area contributed by atoms with Crippen molar-refractivity contribution >= 4 is 11.8 Å². The van der Waals surface area contributed by atoms with Crippen LogP contribution in [-0.2, 0) is 0 Å². The van der Waals surface area contributed by atoms with Crippen molar-refractivity contribution in [2.45, 2.75) is 30.9 Å². The van der Waals surface area contributed by atoms with Crippen molar-refractivity contribution in [3.63, 3.8) is 0 Å². The van der Waals surface area contributed by atoms with E-state index in [2.05, 4.69) is 37.4 Å². The number of allylic oxidation sites excluding steroid dienone is 1. The Morgan fingerprint density at radius 3 is 2.67 bits per heavy atom. The molecule has 0 aromatic carbocycles. The third kappa shape index (κ3) is 2.53. The average Bonchev–Trinajstić information content (AvgIpc) is 2.36. The largest absolute Gasteiger partial charge is 0.308 e. The molecule has 2 heteroatoms. The zero-order chi connectivity index (χ0) is 9.03. The SMILES string of the molecule is CCCC1(CN(C)C)CC=CS1. The molecule has 1 unspecified atom stereocenters. The third-order valence-corrected chi connectivity index (χ3v) is 3.54. The van der Waals surface area contributed by atoms with E-state index in [0.717, 1.165) is 0 Å². The summed E-state index contributed by atoms with van der Waals surface area (Å²) in [5.74, 6) is 0. The van der Waals surface area contributed by atoms with Gasteiger partial charge in [-0.3, -0.25) is 0 Å². The van der Waals surface area contributed by atoms with Gasteiger partial charge in [-0.2, -0.15) is 0 Å². The Kier molecular flexibility index (Phi) is 3.66. The van der Waals surface area contributed by atoms with Crippen LogP contribution in [0.25, 0.3) is 0 Å². The fraction of sp³-hybridized carbons (Fsp3) is 0.800. The molecule has 1 nitrogen and oxygen atoms in total. The van der Waals surface area contributed by atoms with E-state index in [9.17, 15) is 0 Å². The Morgan fingerprint density at radius 1 is 1.50 bits per heavy atom. The molecule has 0 bridgehead atoms. The highest BCUT2D eigenvalue weighted by Crippen LogP contribution is 2.40. The molecule has 0 fully saturated rings. The fourth-order valence-corrected chi connectivity index (χ4v) is 3.21. The quantitative estimate of drug-likeness (QED) is 0.662. The molecule has 1 atom stereocenters. The molecule has 1 aliphatic rings. The second-order valence-corrected chi connectivity index (χ2v) is 5.24. The zero-order valence-corrected chi connectivity index (χ0v) is 9.16. The minimum Gasteiger partial charge on any atom is -0.308 e. The first-order valence-corrected chi connectivity index (χ1v) is 5.54. The van der Waals surface area contributed by atoms with Crippen LogP contribution >= 0.6 is 11.8 Å². The van der Waals surface area contributed by atoms with Gasteiger partial charge in [0.1, 0.15) is 0 Å². The normalized spacial score (nSPS) is 28.7. The van der Waals surface area contributed by atoms with Gasteiger partial charge in [0.2, 0.25) is 0 Å². The van der Waals surface area contributed by atoms with Crippen molar-refractivity contribution in [3.8, 4) is 0 Å². The lowest BCUT2D eigenvalue weighted by atomic mass is 9.98. The summed E-state index contributed by atoms with van der Waals surface area (Å²) in [6.45, 7) is 3.48. The first-order valence-electron chi connectivity index (χ1n) is 4.66. The molecule has 0 amide bonds. The molecule has 0 radical (unpaired) electrons. The van der Waals surface area contributed by atoms with E-state index >= 15 is 0 Å². The second-order valence-electron chi connectivity index (χ2n) is 3.86. The van der Waals surface area contributed by atoms with E-state index in [1.165, 1.54) is 25.8 Å². The molecular weight excluding hydrogens is 166 g/mol. The lowest BCUT2D eigenvalue weighted by molar-refractivity contribution is 0.340. The summed E-state index contributed by atoms with van der Waals surface area (Å²) in [5.41, 5.74) is 0. The predicted octanol–water partition coefficient (Wildman–Crippen LogP) is 2.74. The molecular formula is C10H19NS. The van der Waals surface area contributed by atoms with E-state index in [1.54, 1.807) is 0 Å². The summed E-state index contributed by atoms with van der Waals surface area (Å²) in [7, 11) is 4.33. The van der Waals surface area contributed by atoms with Crippen LogP contribution in [0.15, 0.2) is 11.5 Å². The molecule has 70 valence electrons. The van der Waals surface area contributed by atoms with Gasteiger partial charge in [0, 0.05) is 11.3 Å². The first-order chi connectivity index (χ1) is 5.68. The van der Waals surface area contributed by atoms with Gasteiger partial charge < -0.3 is 4.90 Å². The molecule has 1 heterocycles. The standard InChI is InChI=1S/C10H19NS/c1-4-6-10(9-11(2)3)7-5-8-12-10/h5,8H,4,6-7,9H2,1-3H3. The molecule has 1 rings (SSSR count). The molecule has 1 aliphatic heterocycles. The van der Waals surface area contributed by atoms with Crippen LogP contribution < -0.4 is 0 Å². The van der Waals surface area contributed by atoms with E-state index < -0.39 is 0 Å². The van der Waals surface area contributed by atoms with Crippen molar-refractivity contribution in [3.05, 3.63) is 11.5 Å². The van der Waals surface area contributed by atoms with Gasteiger partial charge in [0.15, 0.2) is 0 Å². The van der Waals surface area contributed by atoms with Gasteiger partial charge in [0.25, 0.3) is 0 Å². The van der Waals surface area contributed by atoms with Gasteiger partial charge in [-0.1, -0.05) is 19.4 Å². The van der Waals surface area contributed by atoms with Crippen LogP contribution in [0.5, 0.6) is 0 Å². The molecule has 12 heavy (non-hydrogen) atoms. The van der Waals surface area contributed by atoms with Crippen molar-refractivity contribution in [2.75, 3.05) is 20.6 Å². The van der Waals surface area contributed by atoms with Crippen LogP contribution in [-0.4, -0.2) is 30.3 Å². The highest BCUT2D eigenvalue weighted by atomic mass is 32.2. The number of hydrogen-bond acceptors (Lipinski definition) is 2. The minimum atomic E-state index is 0.498. The van der Waals surface area contributed by atoms with E-state index in [4.69, 9.17) is 0 Å². The van der Waals surface area contributed by atoms with Gasteiger partial charge in [-0.15, -0.1) is 11.8 Å². The Bertz CT molecular complexity index is 155. The second kappa shape index (κ2) is 4.33. The lowest BCUT2D eigenvalue weighted by Crippen LogP contribution is -2.35. The summed E-state index contributed by atoms with van der Waals surface area (Å²) in [6, 6.07) is 0. The Morgan fingerprint density at radius 2 is 2.25 bits per heavy atom. The monoisotopic (exact) mass is 185 g/mol. The summed E-state index contributed by atoms with van der Waals surface area (Å²) in [5, 5.41) is 2.26. The number of hydrogen-bond donors (Lipinski definition) is 0. The summed E-state index contributed by atoms with van der Waals surface area (Å²) in [4.78, 5) is 2.30. The molecule has 0 aliphatic carbocycles. The maximum absolute atomic E-state index is 2.31. The van der Waals surface area contributed by atoms with Crippen molar-refractivity contribution in [1.29, 1.82) is 0 Å². The van der Waals surface area contributed by atoms with Crippen molar-refractivity contribution in [1.82, 2.24) is 4.90 Å². The maximum atomic E-state index is 2.31. The highest BCUT2D eigenvalue weighted by molar-refractivity contribution is 8.03. The van der Waals surface area contributed by atoms with Crippen molar-refractivity contribution in [2.24, 2.45) is 0 Å². The smallest absolute Gasteiger partial charge is 0.0362 e. The van der Waals surface area contributed by atoms with Crippen LogP contribution in [0.2, 0.25) is 0 Å². The number of nitrogens with zero attached hydrogens (tertiary/aromatic N) is 1. The van der Waals surface area contributed by atoms with Gasteiger partial charge in [0.05, 0.1) is 0 Å². The highest BCUT2D eigenvalue weighted by Gasteiger charge is 2.31. The van der Waals surface area contributed by atoms with Gasteiger partial charge in [-0.05, 0) is 32.3 Å². The van der Waals surface area contributed by atoms with Gasteiger partial charge in [-0.25, -0.2) is 0 Å². The van der Waals surface area contributed by atoms with Gasteiger partial charge >= 0.3 is 0 Å². The minimum absolute atomic E-state index is 0.498. The third-order valence-electron chi connectivity index (χ3n) is 2.21. The van der Waals surface area contributed by atoms with Crippen LogP contribution in [0.1, 0.15) is 26.2 Å². The Hall–Kier alpha value is 0.0500. The molecule has 0 saturated carbocycles. The van der Waals surface area contributed by atoms with E-state index in [0.29, 0.717) is 4.75 Å². The molecule has 0 saturated heterocycles. The topological polar surface area (TPSA) is 3.24 Å². The number of thioether (sulfide) groups is 1. The Labute approximate surface area is 80.2 Å². The molecule has 0 spiro atoms. The maximum Gasteiger partial charge on any atom is 0.0362 e. The Balaban J connectivity index is 2.48. The fourth-order valence-electron chi connectivity index (χ4n) is 1.88. The average molecular weight is 185 g/mol. The molecule has 0 N–H and O–H groups in total. The number of rotatable bonds is 4. The van der Waals surface area contributed by atoms with E-state index in [-0.39, 0.29) is 0 Å². The molecule has 0 aromatic rings. The zero-order valence-electron chi connectivity index (χ0n) is 8.34. The van der Waals surface area contributed by atoms with Crippen LogP contribution in [0, 0.1) is 0 Å². The van der Waals surface area contributed by atoms with E-state index in [1.807, 2.05) is 11.8 Å². The van der Waals surface area contributed by atoms with Crippen LogP contribution in [0.3, 0.4) is 0 Å². The molecule has 0 aromatic heterocycles. The summed E-state index contributed by atoms with van der Waals surface area (Å²) in [6.07, 6.45) is 6.19. The predicted molar refractivity (Wildman–Crippen MR) is 57.5 cm³/mol. The summed E-state index contributed by atoms with van der Waals surface area (Å²) >= 11 is 2.02. The van der Waals surface area contributed by atoms with Crippen molar-refractivity contribution < 1.29 is 0 Å². The lowest BCUT2D eigenvalue weighted by Gasteiger charge is -2.30. The van der Waals surface area contributed by atoms with Crippen LogP contribution in [0.4, 0.5) is 0 Å². The summed E-state index contributed by atoms with van der Waals surface area (Å²) < 4.78 is 0.498.